The molecule has 3 heteroatoms. The maximum absolute atomic E-state index is 15.1. The fourth-order valence-corrected chi connectivity index (χ4v) is 4.60. The summed E-state index contributed by atoms with van der Waals surface area (Å²) >= 11 is 0. The largest absolute Gasteiger partial charge is 0.207 e. The number of benzene rings is 3. The third-order valence-electron chi connectivity index (χ3n) is 6.69. The zero-order chi connectivity index (χ0) is 24.8. The van der Waals surface area contributed by atoms with Crippen LogP contribution in [0.25, 0.3) is 0 Å². The number of fused-ring (bicyclic) bond motifs is 1. The molecule has 0 nitrogen and oxygen atoms in total. The molecule has 1 unspecified atom stereocenters. The van der Waals surface area contributed by atoms with Crippen molar-refractivity contribution in [1.82, 2.24) is 0 Å². The lowest BCUT2D eigenvalue weighted by Crippen LogP contribution is -2.17. The lowest BCUT2D eigenvalue weighted by molar-refractivity contribution is 0.402. The standard InChI is InChI=1S/C32H29F3/c1-3-5-6-24-15-17-28-27(19-24)21-31(34)29(32(28)35)18-14-23-9-7-22(8-10-23)11-12-25-13-16-26(4-2)30(33)20-25/h7-10,13,16,20-21,24H,3-6,15,17,19H2,1-2H3. The Balaban J connectivity index is 1.49. The first kappa shape index (κ1) is 24.7. The van der Waals surface area contributed by atoms with Gasteiger partial charge in [-0.05, 0) is 90.8 Å². The Bertz CT molecular complexity index is 1330. The van der Waals surface area contributed by atoms with Gasteiger partial charge in [0.1, 0.15) is 17.5 Å². The van der Waals surface area contributed by atoms with E-state index in [1.165, 1.54) is 12.1 Å². The van der Waals surface area contributed by atoms with Crippen molar-refractivity contribution in [3.63, 3.8) is 0 Å². The molecule has 1 atom stereocenters. The summed E-state index contributed by atoms with van der Waals surface area (Å²) < 4.78 is 43.8. The maximum Gasteiger partial charge on any atom is 0.145 e. The molecular formula is C32H29F3. The van der Waals surface area contributed by atoms with Crippen LogP contribution in [-0.4, -0.2) is 0 Å². The summed E-state index contributed by atoms with van der Waals surface area (Å²) in [6.07, 6.45) is 6.38. The summed E-state index contributed by atoms with van der Waals surface area (Å²) in [5.74, 6) is 10.7. The molecule has 0 fully saturated rings. The average Bonchev–Trinajstić information content (AvgIpc) is 2.86. The summed E-state index contributed by atoms with van der Waals surface area (Å²) in [6.45, 7) is 4.07. The van der Waals surface area contributed by atoms with Crippen molar-refractivity contribution in [3.05, 3.63) is 105 Å². The van der Waals surface area contributed by atoms with Gasteiger partial charge in [0, 0.05) is 16.7 Å². The Labute approximate surface area is 206 Å². The highest BCUT2D eigenvalue weighted by Crippen LogP contribution is 2.32. The van der Waals surface area contributed by atoms with Gasteiger partial charge in [-0.2, -0.15) is 0 Å². The molecule has 0 heterocycles. The predicted octanol–water partition coefficient (Wildman–Crippen LogP) is 7.76. The molecule has 3 aromatic rings. The Morgan fingerprint density at radius 2 is 1.46 bits per heavy atom. The van der Waals surface area contributed by atoms with Crippen molar-refractivity contribution < 1.29 is 13.2 Å². The number of hydrogen-bond donors (Lipinski definition) is 0. The van der Waals surface area contributed by atoms with Crippen molar-refractivity contribution in [1.29, 1.82) is 0 Å². The molecule has 0 aromatic heterocycles. The van der Waals surface area contributed by atoms with Crippen LogP contribution in [0.15, 0.2) is 48.5 Å². The smallest absolute Gasteiger partial charge is 0.145 e. The van der Waals surface area contributed by atoms with E-state index in [1.807, 2.05) is 13.0 Å². The van der Waals surface area contributed by atoms with Crippen LogP contribution in [0.4, 0.5) is 13.2 Å². The molecule has 1 aliphatic carbocycles. The van der Waals surface area contributed by atoms with Crippen LogP contribution in [0.3, 0.4) is 0 Å². The Kier molecular flexibility index (Phi) is 7.99. The molecule has 0 radical (unpaired) electrons. The number of unbranched alkanes of at least 4 members (excludes halogenated alkanes) is 1. The second-order valence-electron chi connectivity index (χ2n) is 9.17. The van der Waals surface area contributed by atoms with Gasteiger partial charge in [0.2, 0.25) is 0 Å². The quantitative estimate of drug-likeness (QED) is 0.342. The number of rotatable bonds is 4. The summed E-state index contributed by atoms with van der Waals surface area (Å²) in [6, 6.07) is 13.6. The monoisotopic (exact) mass is 470 g/mol. The minimum absolute atomic E-state index is 0.155. The van der Waals surface area contributed by atoms with Gasteiger partial charge in [-0.1, -0.05) is 62.9 Å². The Morgan fingerprint density at radius 1 is 0.800 bits per heavy atom. The summed E-state index contributed by atoms with van der Waals surface area (Å²) in [4.78, 5) is 0. The van der Waals surface area contributed by atoms with Crippen molar-refractivity contribution in [3.8, 4) is 23.7 Å². The summed E-state index contributed by atoms with van der Waals surface area (Å²) in [5, 5.41) is 0. The summed E-state index contributed by atoms with van der Waals surface area (Å²) in [5.41, 5.74) is 3.93. The van der Waals surface area contributed by atoms with E-state index in [2.05, 4.69) is 30.6 Å². The van der Waals surface area contributed by atoms with Crippen LogP contribution < -0.4 is 0 Å². The van der Waals surface area contributed by atoms with E-state index in [0.29, 0.717) is 41.0 Å². The fraction of sp³-hybridized carbons (Fsp3) is 0.312. The number of aryl methyl sites for hydroxylation is 1. The second kappa shape index (κ2) is 11.3. The highest BCUT2D eigenvalue weighted by atomic mass is 19.1. The van der Waals surface area contributed by atoms with Gasteiger partial charge in [0.05, 0.1) is 5.56 Å². The zero-order valence-corrected chi connectivity index (χ0v) is 20.3. The lowest BCUT2D eigenvalue weighted by Gasteiger charge is -2.25. The van der Waals surface area contributed by atoms with Crippen LogP contribution in [0.2, 0.25) is 0 Å². The summed E-state index contributed by atoms with van der Waals surface area (Å²) in [7, 11) is 0. The topological polar surface area (TPSA) is 0 Å². The highest BCUT2D eigenvalue weighted by molar-refractivity contribution is 5.50. The zero-order valence-electron chi connectivity index (χ0n) is 20.3. The van der Waals surface area contributed by atoms with E-state index < -0.39 is 11.6 Å². The highest BCUT2D eigenvalue weighted by Gasteiger charge is 2.24. The van der Waals surface area contributed by atoms with Gasteiger partial charge in [-0.25, -0.2) is 13.2 Å². The third kappa shape index (κ3) is 5.98. The Morgan fingerprint density at radius 3 is 2.11 bits per heavy atom. The lowest BCUT2D eigenvalue weighted by atomic mass is 9.80. The number of halogens is 3. The first-order valence-corrected chi connectivity index (χ1v) is 12.4. The van der Waals surface area contributed by atoms with Gasteiger partial charge >= 0.3 is 0 Å². The van der Waals surface area contributed by atoms with Crippen molar-refractivity contribution in [2.24, 2.45) is 5.92 Å². The SMILES string of the molecule is CCCCC1CCc2c(cc(F)c(C#Cc3ccc(C#Cc4ccc(CC)c(F)c4)cc3)c2F)C1. The van der Waals surface area contributed by atoms with E-state index in [-0.39, 0.29) is 11.4 Å². The van der Waals surface area contributed by atoms with Gasteiger partial charge in [0.15, 0.2) is 0 Å². The van der Waals surface area contributed by atoms with Crippen LogP contribution in [0.1, 0.15) is 78.5 Å². The molecule has 35 heavy (non-hydrogen) atoms. The maximum atomic E-state index is 15.1. The van der Waals surface area contributed by atoms with E-state index in [9.17, 15) is 8.78 Å². The molecule has 3 aromatic carbocycles. The molecule has 0 aliphatic heterocycles. The molecule has 0 spiro atoms. The van der Waals surface area contributed by atoms with Crippen molar-refractivity contribution in [2.45, 2.75) is 58.8 Å². The van der Waals surface area contributed by atoms with Gasteiger partial charge in [-0.15, -0.1) is 0 Å². The van der Waals surface area contributed by atoms with E-state index in [1.54, 1.807) is 30.3 Å². The van der Waals surface area contributed by atoms with Crippen LogP contribution >= 0.6 is 0 Å². The average molecular weight is 471 g/mol. The molecule has 4 rings (SSSR count). The van der Waals surface area contributed by atoms with Gasteiger partial charge < -0.3 is 0 Å². The first-order chi connectivity index (χ1) is 17.0. The van der Waals surface area contributed by atoms with E-state index in [0.717, 1.165) is 43.2 Å². The Hall–Kier alpha value is -3.43. The van der Waals surface area contributed by atoms with Gasteiger partial charge in [-0.3, -0.25) is 0 Å². The minimum atomic E-state index is -0.589. The fourth-order valence-electron chi connectivity index (χ4n) is 4.60. The van der Waals surface area contributed by atoms with Crippen LogP contribution in [0.5, 0.6) is 0 Å². The van der Waals surface area contributed by atoms with Crippen molar-refractivity contribution >= 4 is 0 Å². The molecule has 0 saturated heterocycles. The van der Waals surface area contributed by atoms with Crippen LogP contribution in [-0.2, 0) is 19.3 Å². The number of hydrogen-bond acceptors (Lipinski definition) is 0. The minimum Gasteiger partial charge on any atom is -0.207 e. The van der Waals surface area contributed by atoms with Crippen LogP contribution in [0, 0.1) is 47.1 Å². The van der Waals surface area contributed by atoms with E-state index >= 15 is 4.39 Å². The second-order valence-corrected chi connectivity index (χ2v) is 9.17. The van der Waals surface area contributed by atoms with Crippen molar-refractivity contribution in [2.75, 3.05) is 0 Å². The molecule has 178 valence electrons. The van der Waals surface area contributed by atoms with Gasteiger partial charge in [0.25, 0.3) is 0 Å². The van der Waals surface area contributed by atoms with E-state index in [4.69, 9.17) is 0 Å². The molecular weight excluding hydrogens is 441 g/mol. The third-order valence-corrected chi connectivity index (χ3v) is 6.69. The predicted molar refractivity (Wildman–Crippen MR) is 136 cm³/mol. The molecule has 0 amide bonds. The molecule has 0 N–H and O–H groups in total. The molecule has 0 saturated carbocycles. The molecule has 0 bridgehead atoms. The first-order valence-electron chi connectivity index (χ1n) is 12.4. The normalized spacial score (nSPS) is 14.4. The molecule has 1 aliphatic rings.